The molecule has 1 heterocycles. The van der Waals surface area contributed by atoms with Crippen LogP contribution >= 0.6 is 0 Å². The number of amides is 1. The number of carbonyl (C=O) groups excluding carboxylic acids is 1. The highest BCUT2D eigenvalue weighted by atomic mass is 16.6. The molecule has 0 saturated carbocycles. The Morgan fingerprint density at radius 3 is 2.16 bits per heavy atom. The number of ether oxygens (including phenoxy) is 6. The number of methoxy groups -OCH3 is 3. The lowest BCUT2D eigenvalue weighted by Gasteiger charge is -2.12. The third-order valence-corrected chi connectivity index (χ3v) is 5.27. The van der Waals surface area contributed by atoms with E-state index in [0.29, 0.717) is 52.7 Å². The number of fused-ring (bicyclic) bond motifs is 1. The summed E-state index contributed by atoms with van der Waals surface area (Å²) in [5.41, 5.74) is 1.21. The summed E-state index contributed by atoms with van der Waals surface area (Å²) in [7, 11) is 4.73. The van der Waals surface area contributed by atoms with Crippen LogP contribution in [-0.2, 0) is 4.74 Å². The van der Waals surface area contributed by atoms with E-state index in [1.54, 1.807) is 57.7 Å². The Balaban J connectivity index is 1.26. The van der Waals surface area contributed by atoms with Crippen molar-refractivity contribution < 1.29 is 33.2 Å². The minimum Gasteiger partial charge on any atom is -0.497 e. The third-order valence-electron chi connectivity index (χ3n) is 5.27. The Labute approximate surface area is 214 Å². The second kappa shape index (κ2) is 12.3. The van der Waals surface area contributed by atoms with Gasteiger partial charge in [-0.25, -0.2) is 14.8 Å². The lowest BCUT2D eigenvalue weighted by atomic mass is 10.2. The van der Waals surface area contributed by atoms with Crippen molar-refractivity contribution in [3.05, 3.63) is 67.0 Å². The van der Waals surface area contributed by atoms with Crippen LogP contribution in [0.25, 0.3) is 10.9 Å². The molecule has 1 N–H and O–H groups in total. The topological polar surface area (TPSA) is 110 Å². The van der Waals surface area contributed by atoms with Crippen molar-refractivity contribution in [3.63, 3.8) is 0 Å². The fraction of sp³-hybridized carbons (Fsp3) is 0.222. The van der Waals surface area contributed by atoms with Gasteiger partial charge < -0.3 is 28.4 Å². The van der Waals surface area contributed by atoms with Crippen LogP contribution in [-0.4, -0.2) is 50.6 Å². The Hall–Kier alpha value is -4.73. The molecule has 1 aromatic heterocycles. The van der Waals surface area contributed by atoms with Crippen LogP contribution in [0.1, 0.15) is 6.42 Å². The summed E-state index contributed by atoms with van der Waals surface area (Å²) in [4.78, 5) is 20.6. The van der Waals surface area contributed by atoms with E-state index in [0.717, 1.165) is 11.5 Å². The normalized spacial score (nSPS) is 10.5. The Bertz CT molecular complexity index is 1330. The first kappa shape index (κ1) is 25.4. The summed E-state index contributed by atoms with van der Waals surface area (Å²) in [5.74, 6) is 3.48. The number of aromatic nitrogens is 2. The first-order valence-corrected chi connectivity index (χ1v) is 11.4. The quantitative estimate of drug-likeness (QED) is 0.265. The van der Waals surface area contributed by atoms with Crippen LogP contribution < -0.4 is 29.0 Å². The van der Waals surface area contributed by atoms with Gasteiger partial charge in [-0.3, -0.25) is 5.32 Å². The number of carbonyl (C=O) groups is 1. The molecule has 37 heavy (non-hydrogen) atoms. The highest BCUT2D eigenvalue weighted by Gasteiger charge is 2.13. The number of nitrogens with one attached hydrogen (secondary N) is 1. The number of hydrogen-bond acceptors (Lipinski definition) is 9. The largest absolute Gasteiger partial charge is 0.497 e. The lowest BCUT2D eigenvalue weighted by Crippen LogP contribution is -2.15. The molecule has 0 bridgehead atoms. The van der Waals surface area contributed by atoms with Gasteiger partial charge in [0.05, 0.1) is 45.4 Å². The van der Waals surface area contributed by atoms with E-state index in [-0.39, 0.29) is 6.61 Å². The zero-order valence-electron chi connectivity index (χ0n) is 20.7. The average Bonchev–Trinajstić information content (AvgIpc) is 2.93. The fourth-order valence-corrected chi connectivity index (χ4v) is 3.40. The maximum atomic E-state index is 12.1. The van der Waals surface area contributed by atoms with Crippen molar-refractivity contribution in [3.8, 4) is 34.6 Å². The zero-order valence-corrected chi connectivity index (χ0v) is 20.7. The second-order valence-electron chi connectivity index (χ2n) is 7.67. The second-order valence-corrected chi connectivity index (χ2v) is 7.67. The molecule has 0 aliphatic rings. The Morgan fingerprint density at radius 2 is 1.46 bits per heavy atom. The average molecular weight is 506 g/mol. The minimum absolute atomic E-state index is 0.220. The third kappa shape index (κ3) is 6.69. The minimum atomic E-state index is -0.555. The molecule has 4 rings (SSSR count). The number of anilines is 1. The maximum Gasteiger partial charge on any atom is 0.411 e. The van der Waals surface area contributed by atoms with E-state index < -0.39 is 6.09 Å². The molecule has 1 amide bonds. The molecule has 0 atom stereocenters. The van der Waals surface area contributed by atoms with Crippen LogP contribution in [0, 0.1) is 0 Å². The highest BCUT2D eigenvalue weighted by molar-refractivity contribution is 5.87. The van der Waals surface area contributed by atoms with E-state index >= 15 is 0 Å². The van der Waals surface area contributed by atoms with E-state index in [1.165, 1.54) is 6.33 Å². The fourth-order valence-electron chi connectivity index (χ4n) is 3.40. The maximum absolute atomic E-state index is 12.1. The standard InChI is InChI=1S/C27H27N3O7/c1-32-19-9-11-20(12-10-19)35-13-4-14-36-27(31)30-18-5-7-21(8-6-18)37-26-22-15-24(33-2)25(34-3)16-23(22)28-17-29-26/h5-12,15-17H,4,13-14H2,1-3H3,(H,30,31). The van der Waals surface area contributed by atoms with Gasteiger partial charge >= 0.3 is 6.09 Å². The Kier molecular flexibility index (Phi) is 8.43. The smallest absolute Gasteiger partial charge is 0.411 e. The van der Waals surface area contributed by atoms with Gasteiger partial charge in [-0.15, -0.1) is 0 Å². The van der Waals surface area contributed by atoms with Gasteiger partial charge in [-0.1, -0.05) is 0 Å². The van der Waals surface area contributed by atoms with Crippen LogP contribution in [0.2, 0.25) is 0 Å². The molecule has 0 spiro atoms. The van der Waals surface area contributed by atoms with Crippen LogP contribution in [0.4, 0.5) is 10.5 Å². The van der Waals surface area contributed by atoms with Crippen LogP contribution in [0.5, 0.6) is 34.6 Å². The van der Waals surface area contributed by atoms with E-state index in [1.807, 2.05) is 24.3 Å². The zero-order chi connectivity index (χ0) is 26.0. The summed E-state index contributed by atoms with van der Waals surface area (Å²) in [6, 6.07) is 17.6. The highest BCUT2D eigenvalue weighted by Crippen LogP contribution is 2.35. The molecule has 0 radical (unpaired) electrons. The van der Waals surface area contributed by atoms with Gasteiger partial charge in [0.2, 0.25) is 5.88 Å². The van der Waals surface area contributed by atoms with Gasteiger partial charge in [0.1, 0.15) is 23.6 Å². The molecule has 192 valence electrons. The molecule has 0 saturated heterocycles. The predicted molar refractivity (Wildman–Crippen MR) is 137 cm³/mol. The number of rotatable bonds is 11. The summed E-state index contributed by atoms with van der Waals surface area (Å²) >= 11 is 0. The molecule has 0 fully saturated rings. The molecule has 0 unspecified atom stereocenters. The van der Waals surface area contributed by atoms with E-state index in [4.69, 9.17) is 28.4 Å². The van der Waals surface area contributed by atoms with Crippen molar-refractivity contribution in [2.75, 3.05) is 39.9 Å². The molecule has 0 aliphatic carbocycles. The Morgan fingerprint density at radius 1 is 0.784 bits per heavy atom. The number of nitrogens with zero attached hydrogens (tertiary/aromatic N) is 2. The van der Waals surface area contributed by atoms with E-state index in [2.05, 4.69) is 15.3 Å². The number of hydrogen-bond donors (Lipinski definition) is 1. The summed E-state index contributed by atoms with van der Waals surface area (Å²) in [6.45, 7) is 0.639. The first-order chi connectivity index (χ1) is 18.1. The van der Waals surface area contributed by atoms with Crippen molar-refractivity contribution in [1.82, 2.24) is 9.97 Å². The monoisotopic (exact) mass is 505 g/mol. The van der Waals surface area contributed by atoms with Gasteiger partial charge in [0.15, 0.2) is 11.5 Å². The molecule has 4 aromatic rings. The van der Waals surface area contributed by atoms with Gasteiger partial charge in [0.25, 0.3) is 0 Å². The number of benzene rings is 3. The SMILES string of the molecule is COc1ccc(OCCCOC(=O)Nc2ccc(Oc3ncnc4cc(OC)c(OC)cc34)cc2)cc1. The van der Waals surface area contributed by atoms with Crippen molar-refractivity contribution in [1.29, 1.82) is 0 Å². The summed E-state index contributed by atoms with van der Waals surface area (Å²) in [6.07, 6.45) is 1.41. The molecule has 3 aromatic carbocycles. The predicted octanol–water partition coefficient (Wildman–Crippen LogP) is 5.47. The molecule has 10 nitrogen and oxygen atoms in total. The van der Waals surface area contributed by atoms with Crippen LogP contribution in [0.15, 0.2) is 67.0 Å². The van der Waals surface area contributed by atoms with Crippen molar-refractivity contribution in [2.45, 2.75) is 6.42 Å². The van der Waals surface area contributed by atoms with Crippen LogP contribution in [0.3, 0.4) is 0 Å². The summed E-state index contributed by atoms with van der Waals surface area (Å²) < 4.78 is 32.6. The van der Waals surface area contributed by atoms with Gasteiger partial charge in [-0.05, 0) is 54.6 Å². The lowest BCUT2D eigenvalue weighted by molar-refractivity contribution is 0.152. The summed E-state index contributed by atoms with van der Waals surface area (Å²) in [5, 5.41) is 3.35. The first-order valence-electron chi connectivity index (χ1n) is 11.4. The molecular formula is C27H27N3O7. The van der Waals surface area contributed by atoms with Gasteiger partial charge in [-0.2, -0.15) is 0 Å². The van der Waals surface area contributed by atoms with Gasteiger partial charge in [0, 0.05) is 18.2 Å². The van der Waals surface area contributed by atoms with Crippen molar-refractivity contribution >= 4 is 22.7 Å². The molecule has 10 heteroatoms. The van der Waals surface area contributed by atoms with E-state index in [9.17, 15) is 4.79 Å². The molecular weight excluding hydrogens is 478 g/mol. The molecule has 0 aliphatic heterocycles. The van der Waals surface area contributed by atoms with Crippen molar-refractivity contribution in [2.24, 2.45) is 0 Å².